The van der Waals surface area contributed by atoms with Gasteiger partial charge in [0, 0.05) is 25.9 Å². The molecule has 2 aliphatic rings. The average molecular weight is 447 g/mol. The van der Waals surface area contributed by atoms with E-state index in [-0.39, 0.29) is 44.3 Å². The van der Waals surface area contributed by atoms with Crippen LogP contribution in [0.3, 0.4) is 0 Å². The molecule has 0 radical (unpaired) electrons. The molecule has 1 amide bonds. The molecule has 2 heterocycles. The number of nitro groups is 1. The molecule has 1 aliphatic carbocycles. The number of imidazole rings is 1. The molecular formula is C21H23F2N5O4. The molecule has 2 aromatic rings. The SMILES string of the molecule is COc1ccc(CNC(=O)CC2=CC23N(Cc2cnc([N+](=O)[O-])n2C)CCC3(F)F)cc1. The van der Waals surface area contributed by atoms with Crippen molar-refractivity contribution in [3.05, 3.63) is 63.5 Å². The highest BCUT2D eigenvalue weighted by atomic mass is 19.3. The Hall–Kier alpha value is -3.34. The first-order valence-corrected chi connectivity index (χ1v) is 10.1. The van der Waals surface area contributed by atoms with Crippen LogP contribution in [-0.2, 0) is 24.9 Å². The largest absolute Gasteiger partial charge is 0.497 e. The zero-order valence-electron chi connectivity index (χ0n) is 17.7. The van der Waals surface area contributed by atoms with Crippen LogP contribution in [0.25, 0.3) is 0 Å². The van der Waals surface area contributed by atoms with E-state index in [2.05, 4.69) is 10.3 Å². The standard InChI is InChI=1S/C21H23F2N5O4/c1-26-16(12-25-19(26)28(30)31)13-27-8-7-21(22,23)20(27)10-15(20)9-18(29)24-11-14-3-5-17(32-2)6-4-14/h3-6,10,12H,7-9,11,13H2,1-2H3,(H,24,29). The van der Waals surface area contributed by atoms with Crippen LogP contribution in [0.1, 0.15) is 24.1 Å². The third kappa shape index (κ3) is 3.72. The molecule has 1 unspecified atom stereocenters. The topological polar surface area (TPSA) is 103 Å². The molecule has 1 aromatic carbocycles. The molecule has 1 saturated heterocycles. The van der Waals surface area contributed by atoms with E-state index < -0.39 is 16.4 Å². The number of methoxy groups -OCH3 is 1. The zero-order valence-corrected chi connectivity index (χ0v) is 17.7. The van der Waals surface area contributed by atoms with Gasteiger partial charge in [-0.1, -0.05) is 23.2 Å². The number of aromatic nitrogens is 2. The van der Waals surface area contributed by atoms with E-state index in [0.29, 0.717) is 17.0 Å². The van der Waals surface area contributed by atoms with Gasteiger partial charge in [-0.25, -0.2) is 13.3 Å². The molecule has 1 aliphatic heterocycles. The first kappa shape index (κ1) is 21.9. The van der Waals surface area contributed by atoms with E-state index >= 15 is 0 Å². The average Bonchev–Trinajstić information content (AvgIpc) is 3.28. The molecule has 0 bridgehead atoms. The van der Waals surface area contributed by atoms with Crippen molar-refractivity contribution in [3.8, 4) is 5.75 Å². The predicted molar refractivity (Wildman–Crippen MR) is 110 cm³/mol. The Morgan fingerprint density at radius 1 is 1.34 bits per heavy atom. The molecular weight excluding hydrogens is 424 g/mol. The Morgan fingerprint density at radius 2 is 2.06 bits per heavy atom. The molecule has 1 N–H and O–H groups in total. The van der Waals surface area contributed by atoms with Crippen molar-refractivity contribution in [3.63, 3.8) is 0 Å². The molecule has 1 fully saturated rings. The van der Waals surface area contributed by atoms with E-state index in [1.807, 2.05) is 12.1 Å². The Morgan fingerprint density at radius 3 is 2.69 bits per heavy atom. The maximum atomic E-state index is 14.8. The lowest BCUT2D eigenvalue weighted by Gasteiger charge is -2.29. The second-order valence-corrected chi connectivity index (χ2v) is 7.98. The van der Waals surface area contributed by atoms with E-state index in [1.165, 1.54) is 23.9 Å². The van der Waals surface area contributed by atoms with E-state index in [9.17, 15) is 23.7 Å². The number of hydrogen-bond acceptors (Lipinski definition) is 6. The fourth-order valence-electron chi connectivity index (χ4n) is 4.24. The van der Waals surface area contributed by atoms with Crippen molar-refractivity contribution in [1.82, 2.24) is 19.8 Å². The molecule has 1 spiro atoms. The van der Waals surface area contributed by atoms with Gasteiger partial charge in [0.25, 0.3) is 5.92 Å². The molecule has 1 atom stereocenters. The lowest BCUT2D eigenvalue weighted by atomic mass is 10.0. The van der Waals surface area contributed by atoms with E-state index in [0.717, 1.165) is 5.56 Å². The number of carbonyl (C=O) groups excluding carboxylic acids is 1. The Bertz CT molecular complexity index is 1080. The summed E-state index contributed by atoms with van der Waals surface area (Å²) < 4.78 is 36.0. The van der Waals surface area contributed by atoms with Gasteiger partial charge in [0.1, 0.15) is 23.2 Å². The highest BCUT2D eigenvalue weighted by Gasteiger charge is 2.69. The van der Waals surface area contributed by atoms with Crippen molar-refractivity contribution < 1.29 is 23.2 Å². The second kappa shape index (κ2) is 7.97. The summed E-state index contributed by atoms with van der Waals surface area (Å²) in [4.78, 5) is 28.1. The monoisotopic (exact) mass is 447 g/mol. The van der Waals surface area contributed by atoms with Crippen LogP contribution in [0.2, 0.25) is 0 Å². The third-order valence-corrected chi connectivity index (χ3v) is 6.12. The van der Waals surface area contributed by atoms with Gasteiger partial charge in [-0.05, 0) is 28.2 Å². The number of nitrogens with zero attached hydrogens (tertiary/aromatic N) is 4. The summed E-state index contributed by atoms with van der Waals surface area (Å²) in [6.45, 7) is 0.460. The summed E-state index contributed by atoms with van der Waals surface area (Å²) in [7, 11) is 3.04. The fourth-order valence-corrected chi connectivity index (χ4v) is 4.24. The Labute approximate surface area is 182 Å². The fraction of sp³-hybridized carbons (Fsp3) is 0.429. The Kier molecular flexibility index (Phi) is 5.45. The molecule has 32 heavy (non-hydrogen) atoms. The van der Waals surface area contributed by atoms with Gasteiger partial charge >= 0.3 is 5.95 Å². The van der Waals surface area contributed by atoms with Gasteiger partial charge in [-0.15, -0.1) is 0 Å². The summed E-state index contributed by atoms with van der Waals surface area (Å²) in [5, 5.41) is 13.8. The summed E-state index contributed by atoms with van der Waals surface area (Å²) in [6, 6.07) is 7.19. The van der Waals surface area contributed by atoms with Crippen molar-refractivity contribution >= 4 is 11.9 Å². The molecule has 0 saturated carbocycles. The highest BCUT2D eigenvalue weighted by molar-refractivity contribution is 5.81. The lowest BCUT2D eigenvalue weighted by molar-refractivity contribution is -0.396. The normalized spacial score (nSPS) is 21.4. The van der Waals surface area contributed by atoms with Gasteiger partial charge in [0.05, 0.1) is 20.7 Å². The van der Waals surface area contributed by atoms with Crippen LogP contribution >= 0.6 is 0 Å². The number of amides is 1. The van der Waals surface area contributed by atoms with Crippen molar-refractivity contribution in [2.24, 2.45) is 7.05 Å². The second-order valence-electron chi connectivity index (χ2n) is 7.98. The number of rotatable bonds is 8. The summed E-state index contributed by atoms with van der Waals surface area (Å²) in [5.41, 5.74) is 0.0919. The molecule has 1 aromatic heterocycles. The number of likely N-dealkylation sites (tertiary alicyclic amines) is 1. The van der Waals surface area contributed by atoms with Crippen molar-refractivity contribution in [2.45, 2.75) is 37.4 Å². The van der Waals surface area contributed by atoms with Crippen LogP contribution in [0.15, 0.2) is 42.1 Å². The minimum Gasteiger partial charge on any atom is -0.497 e. The number of ether oxygens (including phenoxy) is 1. The van der Waals surface area contributed by atoms with Gasteiger partial charge in [-0.2, -0.15) is 0 Å². The molecule has 4 rings (SSSR count). The number of carbonyl (C=O) groups is 1. The van der Waals surface area contributed by atoms with Crippen LogP contribution < -0.4 is 10.1 Å². The maximum Gasteiger partial charge on any atom is 0.434 e. The highest BCUT2D eigenvalue weighted by Crippen LogP contribution is 2.58. The van der Waals surface area contributed by atoms with Crippen molar-refractivity contribution in [1.29, 1.82) is 0 Å². The number of alkyl halides is 2. The van der Waals surface area contributed by atoms with E-state index in [1.54, 1.807) is 24.1 Å². The van der Waals surface area contributed by atoms with Gasteiger partial charge in [-0.3, -0.25) is 9.69 Å². The van der Waals surface area contributed by atoms with Gasteiger partial charge < -0.3 is 20.2 Å². The molecule has 9 nitrogen and oxygen atoms in total. The first-order chi connectivity index (χ1) is 15.2. The van der Waals surface area contributed by atoms with Crippen LogP contribution in [0, 0.1) is 10.1 Å². The number of nitrogens with one attached hydrogen (secondary N) is 1. The van der Waals surface area contributed by atoms with E-state index in [4.69, 9.17) is 4.74 Å². The summed E-state index contributed by atoms with van der Waals surface area (Å²) in [5.74, 6) is -3.00. The van der Waals surface area contributed by atoms with Gasteiger partial charge in [0.15, 0.2) is 0 Å². The third-order valence-electron chi connectivity index (χ3n) is 6.12. The first-order valence-electron chi connectivity index (χ1n) is 10.1. The zero-order chi connectivity index (χ0) is 23.1. The summed E-state index contributed by atoms with van der Waals surface area (Å²) >= 11 is 0. The molecule has 11 heteroatoms. The maximum absolute atomic E-state index is 14.8. The summed E-state index contributed by atoms with van der Waals surface area (Å²) in [6.07, 6.45) is 2.29. The number of halogens is 2. The van der Waals surface area contributed by atoms with Gasteiger partial charge in [0.2, 0.25) is 5.91 Å². The minimum absolute atomic E-state index is 0.0698. The van der Waals surface area contributed by atoms with Crippen LogP contribution in [0.4, 0.5) is 14.7 Å². The Balaban J connectivity index is 1.39. The van der Waals surface area contributed by atoms with Crippen LogP contribution in [-0.4, -0.2) is 50.4 Å². The smallest absolute Gasteiger partial charge is 0.434 e. The number of benzene rings is 1. The number of hydrogen-bond donors (Lipinski definition) is 1. The molecule has 170 valence electrons. The minimum atomic E-state index is -3.01. The predicted octanol–water partition coefficient (Wildman–Crippen LogP) is 2.56. The lowest BCUT2D eigenvalue weighted by Crippen LogP contribution is -2.45. The van der Waals surface area contributed by atoms with Crippen molar-refractivity contribution in [2.75, 3.05) is 13.7 Å². The quantitative estimate of drug-likeness (QED) is 0.379. The van der Waals surface area contributed by atoms with Crippen LogP contribution in [0.5, 0.6) is 5.75 Å².